The SMILES string of the molecule is C#CCC1CCC(Cl)CC1. The average Bonchev–Trinajstić information content (AvgIpc) is 1.95. The molecule has 0 radical (unpaired) electrons. The van der Waals surface area contributed by atoms with E-state index in [9.17, 15) is 0 Å². The molecule has 0 unspecified atom stereocenters. The topological polar surface area (TPSA) is 0 Å². The summed E-state index contributed by atoms with van der Waals surface area (Å²) in [6.07, 6.45) is 10.9. The molecule has 1 heteroatoms. The maximum Gasteiger partial charge on any atom is 0.0336 e. The molecule has 0 heterocycles. The number of hydrogen-bond donors (Lipinski definition) is 0. The molecule has 1 saturated carbocycles. The quantitative estimate of drug-likeness (QED) is 0.405. The van der Waals surface area contributed by atoms with Crippen LogP contribution in [0.1, 0.15) is 32.1 Å². The molecule has 0 atom stereocenters. The predicted molar refractivity (Wildman–Crippen MR) is 45.0 cm³/mol. The minimum absolute atomic E-state index is 0.425. The Bertz CT molecular complexity index is 126. The second-order valence-corrected chi connectivity index (χ2v) is 3.64. The maximum absolute atomic E-state index is 5.93. The highest BCUT2D eigenvalue weighted by Gasteiger charge is 2.17. The van der Waals surface area contributed by atoms with E-state index in [-0.39, 0.29) is 0 Å². The Kier molecular flexibility index (Phi) is 3.09. The van der Waals surface area contributed by atoms with Gasteiger partial charge in [0.15, 0.2) is 0 Å². The van der Waals surface area contributed by atoms with Crippen LogP contribution in [0.5, 0.6) is 0 Å². The first kappa shape index (κ1) is 7.95. The summed E-state index contributed by atoms with van der Waals surface area (Å²) in [6.45, 7) is 0. The molecule has 0 aliphatic heterocycles. The summed E-state index contributed by atoms with van der Waals surface area (Å²) in [6, 6.07) is 0. The Morgan fingerprint density at radius 1 is 1.30 bits per heavy atom. The molecule has 10 heavy (non-hydrogen) atoms. The molecule has 1 rings (SSSR count). The van der Waals surface area contributed by atoms with Gasteiger partial charge in [-0.05, 0) is 31.6 Å². The highest BCUT2D eigenvalue weighted by Crippen LogP contribution is 2.29. The lowest BCUT2D eigenvalue weighted by Gasteiger charge is -2.22. The Morgan fingerprint density at radius 3 is 2.40 bits per heavy atom. The van der Waals surface area contributed by atoms with Gasteiger partial charge in [0.2, 0.25) is 0 Å². The maximum atomic E-state index is 5.93. The normalized spacial score (nSPS) is 33.2. The third-order valence-electron chi connectivity index (χ3n) is 2.18. The van der Waals surface area contributed by atoms with E-state index in [4.69, 9.17) is 18.0 Å². The van der Waals surface area contributed by atoms with Crippen molar-refractivity contribution >= 4 is 11.6 Å². The van der Waals surface area contributed by atoms with Crippen LogP contribution in [0.3, 0.4) is 0 Å². The smallest absolute Gasteiger partial charge is 0.0336 e. The Hall–Kier alpha value is -0.150. The summed E-state index contributed by atoms with van der Waals surface area (Å²) in [5.41, 5.74) is 0. The van der Waals surface area contributed by atoms with Crippen LogP contribution in [0, 0.1) is 18.3 Å². The lowest BCUT2D eigenvalue weighted by molar-refractivity contribution is 0.369. The number of halogens is 1. The number of rotatable bonds is 1. The van der Waals surface area contributed by atoms with E-state index in [0.29, 0.717) is 5.38 Å². The molecular weight excluding hydrogens is 144 g/mol. The van der Waals surface area contributed by atoms with Crippen LogP contribution in [0.25, 0.3) is 0 Å². The molecule has 56 valence electrons. The molecule has 1 fully saturated rings. The van der Waals surface area contributed by atoms with Gasteiger partial charge in [-0.25, -0.2) is 0 Å². The van der Waals surface area contributed by atoms with Gasteiger partial charge in [-0.1, -0.05) is 0 Å². The summed E-state index contributed by atoms with van der Waals surface area (Å²) in [5, 5.41) is 0.425. The van der Waals surface area contributed by atoms with Crippen molar-refractivity contribution in [2.45, 2.75) is 37.5 Å². The lowest BCUT2D eigenvalue weighted by atomic mass is 9.87. The van der Waals surface area contributed by atoms with Crippen molar-refractivity contribution in [2.75, 3.05) is 0 Å². The zero-order chi connectivity index (χ0) is 7.40. The van der Waals surface area contributed by atoms with Crippen LogP contribution >= 0.6 is 11.6 Å². The average molecular weight is 157 g/mol. The van der Waals surface area contributed by atoms with Crippen LogP contribution in [0.15, 0.2) is 0 Å². The van der Waals surface area contributed by atoms with E-state index in [2.05, 4.69) is 5.92 Å². The summed E-state index contributed by atoms with van der Waals surface area (Å²) < 4.78 is 0. The van der Waals surface area contributed by atoms with E-state index in [1.807, 2.05) is 0 Å². The van der Waals surface area contributed by atoms with Crippen LogP contribution in [0.4, 0.5) is 0 Å². The van der Waals surface area contributed by atoms with Crippen molar-refractivity contribution in [3.05, 3.63) is 0 Å². The molecular formula is C9H13Cl. The highest BCUT2D eigenvalue weighted by molar-refractivity contribution is 6.20. The monoisotopic (exact) mass is 156 g/mol. The molecule has 0 aromatic rings. The molecule has 0 amide bonds. The van der Waals surface area contributed by atoms with Crippen molar-refractivity contribution < 1.29 is 0 Å². The van der Waals surface area contributed by atoms with Crippen molar-refractivity contribution in [1.82, 2.24) is 0 Å². The summed E-state index contributed by atoms with van der Waals surface area (Å²) in [4.78, 5) is 0. The van der Waals surface area contributed by atoms with Gasteiger partial charge in [0.05, 0.1) is 0 Å². The van der Waals surface area contributed by atoms with Crippen molar-refractivity contribution in [1.29, 1.82) is 0 Å². The zero-order valence-corrected chi connectivity index (χ0v) is 6.90. The number of alkyl halides is 1. The van der Waals surface area contributed by atoms with Crippen LogP contribution < -0.4 is 0 Å². The summed E-state index contributed by atoms with van der Waals surface area (Å²) in [7, 11) is 0. The predicted octanol–water partition coefficient (Wildman–Crippen LogP) is 2.81. The van der Waals surface area contributed by atoms with E-state index in [1.165, 1.54) is 12.8 Å². The van der Waals surface area contributed by atoms with Crippen LogP contribution in [0.2, 0.25) is 0 Å². The number of terminal acetylenes is 1. The fraction of sp³-hybridized carbons (Fsp3) is 0.778. The summed E-state index contributed by atoms with van der Waals surface area (Å²) >= 11 is 5.93. The molecule has 1 aliphatic carbocycles. The summed E-state index contributed by atoms with van der Waals surface area (Å²) in [5.74, 6) is 3.47. The number of hydrogen-bond acceptors (Lipinski definition) is 0. The lowest BCUT2D eigenvalue weighted by Crippen LogP contribution is -2.13. The first-order chi connectivity index (χ1) is 4.83. The molecule has 1 aliphatic rings. The van der Waals surface area contributed by atoms with Crippen molar-refractivity contribution in [3.63, 3.8) is 0 Å². The molecule has 0 aromatic carbocycles. The molecule has 0 spiro atoms. The van der Waals surface area contributed by atoms with Gasteiger partial charge in [0, 0.05) is 11.8 Å². The molecule has 0 nitrogen and oxygen atoms in total. The van der Waals surface area contributed by atoms with Gasteiger partial charge >= 0.3 is 0 Å². The third kappa shape index (κ3) is 2.23. The Balaban J connectivity index is 2.21. The van der Waals surface area contributed by atoms with Gasteiger partial charge in [0.1, 0.15) is 0 Å². The molecule has 0 N–H and O–H groups in total. The molecule has 0 aromatic heterocycles. The fourth-order valence-corrected chi connectivity index (χ4v) is 1.74. The minimum Gasteiger partial charge on any atom is -0.123 e. The fourth-order valence-electron chi connectivity index (χ4n) is 1.49. The van der Waals surface area contributed by atoms with E-state index in [1.54, 1.807) is 0 Å². The standard InChI is InChI=1S/C9H13Cl/c1-2-3-8-4-6-9(10)7-5-8/h1,8-9H,3-7H2. The molecule has 0 bridgehead atoms. The van der Waals surface area contributed by atoms with Crippen LogP contribution in [-0.4, -0.2) is 5.38 Å². The Morgan fingerprint density at radius 2 is 1.90 bits per heavy atom. The molecule has 0 saturated heterocycles. The van der Waals surface area contributed by atoms with Crippen molar-refractivity contribution in [2.24, 2.45) is 5.92 Å². The second kappa shape index (κ2) is 3.88. The second-order valence-electron chi connectivity index (χ2n) is 3.03. The first-order valence-electron chi connectivity index (χ1n) is 3.90. The van der Waals surface area contributed by atoms with Gasteiger partial charge in [-0.2, -0.15) is 0 Å². The largest absolute Gasteiger partial charge is 0.123 e. The van der Waals surface area contributed by atoms with Gasteiger partial charge in [0.25, 0.3) is 0 Å². The van der Waals surface area contributed by atoms with Gasteiger partial charge in [-0.15, -0.1) is 23.9 Å². The van der Waals surface area contributed by atoms with Gasteiger partial charge in [-0.3, -0.25) is 0 Å². The van der Waals surface area contributed by atoms with E-state index >= 15 is 0 Å². The van der Waals surface area contributed by atoms with E-state index in [0.717, 1.165) is 25.2 Å². The van der Waals surface area contributed by atoms with Crippen LogP contribution in [-0.2, 0) is 0 Å². The first-order valence-corrected chi connectivity index (χ1v) is 4.34. The van der Waals surface area contributed by atoms with Gasteiger partial charge < -0.3 is 0 Å². The minimum atomic E-state index is 0.425. The highest BCUT2D eigenvalue weighted by atomic mass is 35.5. The van der Waals surface area contributed by atoms with Crippen molar-refractivity contribution in [3.8, 4) is 12.3 Å². The van der Waals surface area contributed by atoms with E-state index < -0.39 is 0 Å². The Labute approximate surface area is 68.0 Å². The zero-order valence-electron chi connectivity index (χ0n) is 6.15. The third-order valence-corrected chi connectivity index (χ3v) is 2.62.